The SMILES string of the molecule is Cc1cccc(-c2nc(C(F)(F)F)nn2-c2ccc(S(C)(=O)=O)cc2)c1. The third kappa shape index (κ3) is 3.62. The third-order valence-corrected chi connectivity index (χ3v) is 4.77. The van der Waals surface area contributed by atoms with E-state index in [-0.39, 0.29) is 16.4 Å². The van der Waals surface area contributed by atoms with Gasteiger partial charge in [-0.25, -0.2) is 18.1 Å². The van der Waals surface area contributed by atoms with Gasteiger partial charge in [-0.3, -0.25) is 0 Å². The average molecular weight is 381 g/mol. The third-order valence-electron chi connectivity index (χ3n) is 3.65. The van der Waals surface area contributed by atoms with Gasteiger partial charge < -0.3 is 0 Å². The molecule has 0 aliphatic carbocycles. The molecule has 2 aromatic carbocycles. The fraction of sp³-hybridized carbons (Fsp3) is 0.176. The minimum Gasteiger partial charge on any atom is -0.224 e. The average Bonchev–Trinajstić information content (AvgIpc) is 3.00. The van der Waals surface area contributed by atoms with E-state index in [9.17, 15) is 21.6 Å². The lowest BCUT2D eigenvalue weighted by molar-refractivity contribution is -0.144. The maximum absolute atomic E-state index is 13.1. The van der Waals surface area contributed by atoms with Crippen LogP contribution in [0.5, 0.6) is 0 Å². The Morgan fingerprint density at radius 3 is 2.23 bits per heavy atom. The zero-order valence-electron chi connectivity index (χ0n) is 13.8. The summed E-state index contributed by atoms with van der Waals surface area (Å²) < 4.78 is 63.5. The molecule has 1 aromatic heterocycles. The van der Waals surface area contributed by atoms with Crippen LogP contribution in [-0.4, -0.2) is 29.4 Å². The molecule has 9 heteroatoms. The van der Waals surface area contributed by atoms with Gasteiger partial charge >= 0.3 is 6.18 Å². The highest BCUT2D eigenvalue weighted by Crippen LogP contribution is 2.30. The first-order valence-electron chi connectivity index (χ1n) is 7.47. The summed E-state index contributed by atoms with van der Waals surface area (Å²) in [5.74, 6) is -1.24. The topological polar surface area (TPSA) is 64.8 Å². The van der Waals surface area contributed by atoms with Crippen molar-refractivity contribution in [1.82, 2.24) is 14.8 Å². The van der Waals surface area contributed by atoms with Gasteiger partial charge in [-0.1, -0.05) is 23.8 Å². The normalized spacial score (nSPS) is 12.3. The molecule has 0 atom stereocenters. The quantitative estimate of drug-likeness (QED) is 0.695. The highest BCUT2D eigenvalue weighted by atomic mass is 32.2. The molecule has 0 spiro atoms. The van der Waals surface area contributed by atoms with Gasteiger partial charge in [0, 0.05) is 11.8 Å². The number of rotatable bonds is 3. The highest BCUT2D eigenvalue weighted by Gasteiger charge is 2.37. The Bertz CT molecular complexity index is 1060. The lowest BCUT2D eigenvalue weighted by atomic mass is 10.1. The Labute approximate surface area is 148 Å². The first-order chi connectivity index (χ1) is 12.1. The zero-order chi connectivity index (χ0) is 19.1. The van der Waals surface area contributed by atoms with Gasteiger partial charge in [0.2, 0.25) is 0 Å². The summed E-state index contributed by atoms with van der Waals surface area (Å²) in [5.41, 5.74) is 1.61. The van der Waals surface area contributed by atoms with E-state index < -0.39 is 21.8 Å². The summed E-state index contributed by atoms with van der Waals surface area (Å²) in [6.07, 6.45) is -3.64. The summed E-state index contributed by atoms with van der Waals surface area (Å²) in [7, 11) is -3.41. The van der Waals surface area contributed by atoms with E-state index in [1.807, 2.05) is 13.0 Å². The van der Waals surface area contributed by atoms with Crippen molar-refractivity contribution < 1.29 is 21.6 Å². The smallest absolute Gasteiger partial charge is 0.224 e. The van der Waals surface area contributed by atoms with Crippen LogP contribution in [0.25, 0.3) is 17.1 Å². The van der Waals surface area contributed by atoms with E-state index in [1.54, 1.807) is 18.2 Å². The standard InChI is InChI=1S/C17H14F3N3O2S/c1-11-4-3-5-12(10-11)15-21-16(17(18,19)20)22-23(15)13-6-8-14(9-7-13)26(2,24)25/h3-10H,1-2H3. The molecule has 0 N–H and O–H groups in total. The Kier molecular flexibility index (Phi) is 4.35. The van der Waals surface area contributed by atoms with Crippen molar-refractivity contribution >= 4 is 9.84 Å². The van der Waals surface area contributed by atoms with E-state index in [4.69, 9.17) is 0 Å². The molecule has 26 heavy (non-hydrogen) atoms. The van der Waals surface area contributed by atoms with Gasteiger partial charge in [-0.15, -0.1) is 5.10 Å². The van der Waals surface area contributed by atoms with Crippen LogP contribution in [0.4, 0.5) is 13.2 Å². The maximum atomic E-state index is 13.1. The number of aryl methyl sites for hydroxylation is 1. The van der Waals surface area contributed by atoms with Crippen LogP contribution >= 0.6 is 0 Å². The van der Waals surface area contributed by atoms with Gasteiger partial charge in [-0.2, -0.15) is 13.2 Å². The van der Waals surface area contributed by atoms with E-state index in [2.05, 4.69) is 10.1 Å². The largest absolute Gasteiger partial charge is 0.453 e. The first kappa shape index (κ1) is 18.1. The van der Waals surface area contributed by atoms with Crippen molar-refractivity contribution in [2.45, 2.75) is 18.0 Å². The molecular formula is C17H14F3N3O2S. The molecule has 3 rings (SSSR count). The number of aromatic nitrogens is 3. The number of hydrogen-bond donors (Lipinski definition) is 0. The van der Waals surface area contributed by atoms with E-state index >= 15 is 0 Å². The van der Waals surface area contributed by atoms with Crippen LogP contribution in [0.3, 0.4) is 0 Å². The predicted molar refractivity (Wildman–Crippen MR) is 89.6 cm³/mol. The summed E-state index contributed by atoms with van der Waals surface area (Å²) >= 11 is 0. The van der Waals surface area contributed by atoms with Gasteiger partial charge in [0.15, 0.2) is 15.7 Å². The molecule has 1 heterocycles. The Hall–Kier alpha value is -2.68. The molecule has 0 radical (unpaired) electrons. The minimum atomic E-state index is -4.70. The monoisotopic (exact) mass is 381 g/mol. The molecule has 0 saturated carbocycles. The lowest BCUT2D eigenvalue weighted by Crippen LogP contribution is -2.08. The molecule has 0 aliphatic rings. The van der Waals surface area contributed by atoms with E-state index in [0.29, 0.717) is 5.56 Å². The maximum Gasteiger partial charge on any atom is 0.453 e. The summed E-state index contributed by atoms with van der Waals surface area (Å²) in [4.78, 5) is 3.71. The molecular weight excluding hydrogens is 367 g/mol. The van der Waals surface area contributed by atoms with Crippen molar-refractivity contribution in [2.75, 3.05) is 6.26 Å². The zero-order valence-corrected chi connectivity index (χ0v) is 14.6. The van der Waals surface area contributed by atoms with E-state index in [1.165, 1.54) is 24.3 Å². The number of nitrogens with zero attached hydrogens (tertiary/aromatic N) is 3. The van der Waals surface area contributed by atoms with Gasteiger partial charge in [-0.05, 0) is 37.3 Å². The Morgan fingerprint density at radius 1 is 1.04 bits per heavy atom. The Morgan fingerprint density at radius 2 is 1.69 bits per heavy atom. The second-order valence-electron chi connectivity index (χ2n) is 5.80. The number of alkyl halides is 3. The van der Waals surface area contributed by atoms with Crippen LogP contribution in [0.1, 0.15) is 11.4 Å². The van der Waals surface area contributed by atoms with Crippen molar-refractivity contribution in [2.24, 2.45) is 0 Å². The van der Waals surface area contributed by atoms with Crippen LogP contribution in [0.2, 0.25) is 0 Å². The second kappa shape index (κ2) is 6.24. The number of benzene rings is 2. The van der Waals surface area contributed by atoms with Gasteiger partial charge in [0.25, 0.3) is 5.82 Å². The first-order valence-corrected chi connectivity index (χ1v) is 9.36. The number of halogens is 3. The molecule has 5 nitrogen and oxygen atoms in total. The molecule has 3 aromatic rings. The number of hydrogen-bond acceptors (Lipinski definition) is 4. The minimum absolute atomic E-state index is 0.0214. The van der Waals surface area contributed by atoms with Crippen molar-refractivity contribution in [1.29, 1.82) is 0 Å². The molecule has 0 bridgehead atoms. The lowest BCUT2D eigenvalue weighted by Gasteiger charge is -2.07. The summed E-state index contributed by atoms with van der Waals surface area (Å²) in [5, 5.41) is 3.58. The molecule has 0 saturated heterocycles. The number of sulfone groups is 1. The predicted octanol–water partition coefficient (Wildman–Crippen LogP) is 3.67. The molecule has 136 valence electrons. The molecule has 0 fully saturated rings. The van der Waals surface area contributed by atoms with Crippen LogP contribution in [-0.2, 0) is 16.0 Å². The van der Waals surface area contributed by atoms with Gasteiger partial charge in [0.05, 0.1) is 10.6 Å². The summed E-state index contributed by atoms with van der Waals surface area (Å²) in [6, 6.07) is 12.3. The Balaban J connectivity index is 2.18. The van der Waals surface area contributed by atoms with Crippen molar-refractivity contribution in [3.63, 3.8) is 0 Å². The van der Waals surface area contributed by atoms with E-state index in [0.717, 1.165) is 16.5 Å². The molecule has 0 aliphatic heterocycles. The summed E-state index contributed by atoms with van der Waals surface area (Å²) in [6.45, 7) is 1.82. The van der Waals surface area contributed by atoms with Crippen LogP contribution in [0, 0.1) is 6.92 Å². The van der Waals surface area contributed by atoms with Crippen LogP contribution < -0.4 is 0 Å². The van der Waals surface area contributed by atoms with Crippen molar-refractivity contribution in [3.05, 3.63) is 59.9 Å². The second-order valence-corrected chi connectivity index (χ2v) is 7.82. The molecule has 0 amide bonds. The van der Waals surface area contributed by atoms with Crippen LogP contribution in [0.15, 0.2) is 53.4 Å². The van der Waals surface area contributed by atoms with Crippen molar-refractivity contribution in [3.8, 4) is 17.1 Å². The fourth-order valence-corrected chi connectivity index (χ4v) is 3.05. The fourth-order valence-electron chi connectivity index (χ4n) is 2.42. The van der Waals surface area contributed by atoms with Gasteiger partial charge in [0.1, 0.15) is 0 Å². The highest BCUT2D eigenvalue weighted by molar-refractivity contribution is 7.90. The molecule has 0 unspecified atom stereocenters.